The molecule has 0 saturated carbocycles. The van der Waals surface area contributed by atoms with Gasteiger partial charge in [0, 0.05) is 25.8 Å². The summed E-state index contributed by atoms with van der Waals surface area (Å²) >= 11 is 0. The largest absolute Gasteiger partial charge is 0.339 e. The van der Waals surface area contributed by atoms with E-state index in [4.69, 9.17) is 0 Å². The highest BCUT2D eigenvalue weighted by atomic mass is 16.2. The maximum absolute atomic E-state index is 12.4. The molecule has 0 fully saturated rings. The summed E-state index contributed by atoms with van der Waals surface area (Å²) in [5, 5.41) is 7.58. The van der Waals surface area contributed by atoms with E-state index in [0.29, 0.717) is 18.2 Å². The summed E-state index contributed by atoms with van der Waals surface area (Å²) in [6, 6.07) is 1.92. The van der Waals surface area contributed by atoms with Crippen molar-refractivity contribution in [2.75, 3.05) is 27.2 Å². The van der Waals surface area contributed by atoms with Crippen molar-refractivity contribution in [3.05, 3.63) is 17.5 Å². The first-order chi connectivity index (χ1) is 9.18. The molecular weight excluding hydrogens is 252 g/mol. The zero-order valence-corrected chi connectivity index (χ0v) is 13.8. The van der Waals surface area contributed by atoms with Crippen LogP contribution in [-0.2, 0) is 5.54 Å². The molecule has 0 aliphatic rings. The van der Waals surface area contributed by atoms with E-state index in [0.717, 1.165) is 12.2 Å². The number of aromatic nitrogens is 2. The van der Waals surface area contributed by atoms with Crippen LogP contribution >= 0.6 is 0 Å². The highest BCUT2D eigenvalue weighted by Gasteiger charge is 2.24. The topological polar surface area (TPSA) is 50.2 Å². The molecule has 1 rings (SSSR count). The third-order valence-electron chi connectivity index (χ3n) is 3.23. The van der Waals surface area contributed by atoms with E-state index < -0.39 is 0 Å². The molecule has 0 radical (unpaired) electrons. The molecule has 1 amide bonds. The van der Waals surface area contributed by atoms with Crippen molar-refractivity contribution in [1.82, 2.24) is 20.0 Å². The maximum Gasteiger partial charge on any atom is 0.274 e. The van der Waals surface area contributed by atoms with Crippen molar-refractivity contribution < 1.29 is 4.79 Å². The summed E-state index contributed by atoms with van der Waals surface area (Å²) in [7, 11) is 3.69. The van der Waals surface area contributed by atoms with E-state index in [9.17, 15) is 4.79 Å². The van der Waals surface area contributed by atoms with E-state index >= 15 is 0 Å². The van der Waals surface area contributed by atoms with Gasteiger partial charge in [-0.1, -0.05) is 13.8 Å². The molecule has 0 unspecified atom stereocenters. The lowest BCUT2D eigenvalue weighted by atomic mass is 10.1. The van der Waals surface area contributed by atoms with Gasteiger partial charge >= 0.3 is 0 Å². The molecule has 1 heterocycles. The maximum atomic E-state index is 12.4. The van der Waals surface area contributed by atoms with Crippen LogP contribution in [0.25, 0.3) is 0 Å². The quantitative estimate of drug-likeness (QED) is 0.898. The molecule has 1 N–H and O–H groups in total. The van der Waals surface area contributed by atoms with Gasteiger partial charge in [-0.05, 0) is 39.8 Å². The molecule has 0 aromatic carbocycles. The van der Waals surface area contributed by atoms with Gasteiger partial charge in [0.15, 0.2) is 5.69 Å². The summed E-state index contributed by atoms with van der Waals surface area (Å²) < 4.78 is 1.97. The Kier molecular flexibility index (Phi) is 5.34. The number of carbonyl (C=O) groups excluding carboxylic acids is 1. The second kappa shape index (κ2) is 6.39. The first kappa shape index (κ1) is 16.7. The minimum atomic E-state index is -0.123. The summed E-state index contributed by atoms with van der Waals surface area (Å²) in [5.74, 6) is 0.316. The van der Waals surface area contributed by atoms with Crippen LogP contribution in [0, 0.1) is 0 Å². The van der Waals surface area contributed by atoms with Gasteiger partial charge in [-0.15, -0.1) is 0 Å². The molecular formula is C15H28N4O. The van der Waals surface area contributed by atoms with Gasteiger partial charge in [-0.2, -0.15) is 5.10 Å². The molecule has 0 aliphatic heterocycles. The Hall–Kier alpha value is -1.36. The fourth-order valence-electron chi connectivity index (χ4n) is 2.03. The van der Waals surface area contributed by atoms with Gasteiger partial charge in [0.2, 0.25) is 0 Å². The van der Waals surface area contributed by atoms with E-state index in [1.165, 1.54) is 0 Å². The summed E-state index contributed by atoms with van der Waals surface area (Å²) in [4.78, 5) is 14.1. The van der Waals surface area contributed by atoms with Gasteiger partial charge in [0.05, 0.1) is 5.54 Å². The van der Waals surface area contributed by atoms with Gasteiger partial charge in [-0.3, -0.25) is 9.48 Å². The predicted octanol–water partition coefficient (Wildman–Crippen LogP) is 2.05. The molecule has 1 aromatic rings. The van der Waals surface area contributed by atoms with Crippen LogP contribution in [0.3, 0.4) is 0 Å². The van der Waals surface area contributed by atoms with Crippen LogP contribution in [0.5, 0.6) is 0 Å². The number of amides is 1. The van der Waals surface area contributed by atoms with Crippen LogP contribution < -0.4 is 5.32 Å². The molecule has 5 heteroatoms. The van der Waals surface area contributed by atoms with Crippen LogP contribution in [0.15, 0.2) is 6.07 Å². The summed E-state index contributed by atoms with van der Waals surface area (Å²) in [5.41, 5.74) is 1.51. The van der Waals surface area contributed by atoms with E-state index in [1.807, 2.05) is 24.8 Å². The standard InChI is InChI=1S/C15H28N4O/c1-11(2)13-10-12(17-19(13)15(3,4)5)14(20)18(7)9-8-16-6/h10-11,16H,8-9H2,1-7H3. The molecule has 20 heavy (non-hydrogen) atoms. The summed E-state index contributed by atoms with van der Waals surface area (Å²) in [6.07, 6.45) is 0. The number of nitrogens with one attached hydrogen (secondary N) is 1. The second-order valence-electron chi connectivity index (χ2n) is 6.52. The third kappa shape index (κ3) is 3.82. The molecule has 0 aliphatic carbocycles. The monoisotopic (exact) mass is 280 g/mol. The molecule has 0 bridgehead atoms. The smallest absolute Gasteiger partial charge is 0.274 e. The number of likely N-dealkylation sites (N-methyl/N-ethyl adjacent to an activating group) is 2. The van der Waals surface area contributed by atoms with Crippen molar-refractivity contribution in [3.8, 4) is 0 Å². The Bertz CT molecular complexity index is 457. The van der Waals surface area contributed by atoms with E-state index in [-0.39, 0.29) is 11.4 Å². The Morgan fingerprint density at radius 1 is 1.45 bits per heavy atom. The van der Waals surface area contributed by atoms with Crippen LogP contribution in [0.2, 0.25) is 0 Å². The molecule has 5 nitrogen and oxygen atoms in total. The Labute approximate surface area is 122 Å². The molecule has 1 aromatic heterocycles. The van der Waals surface area contributed by atoms with E-state index in [2.05, 4.69) is 45.0 Å². The Morgan fingerprint density at radius 3 is 2.45 bits per heavy atom. The number of nitrogens with zero attached hydrogens (tertiary/aromatic N) is 3. The van der Waals surface area contributed by atoms with Gasteiger partial charge in [0.1, 0.15) is 0 Å². The Balaban J connectivity index is 3.05. The first-order valence-corrected chi connectivity index (χ1v) is 7.19. The lowest BCUT2D eigenvalue weighted by Gasteiger charge is -2.23. The van der Waals surface area contributed by atoms with Crippen molar-refractivity contribution in [2.45, 2.75) is 46.1 Å². The van der Waals surface area contributed by atoms with Crippen LogP contribution in [-0.4, -0.2) is 47.8 Å². The number of rotatable bonds is 5. The zero-order valence-electron chi connectivity index (χ0n) is 13.8. The highest BCUT2D eigenvalue weighted by Crippen LogP contribution is 2.23. The van der Waals surface area contributed by atoms with Crippen LogP contribution in [0.1, 0.15) is 56.7 Å². The predicted molar refractivity (Wildman–Crippen MR) is 82.2 cm³/mol. The minimum Gasteiger partial charge on any atom is -0.339 e. The molecule has 0 saturated heterocycles. The average molecular weight is 280 g/mol. The summed E-state index contributed by atoms with van der Waals surface area (Å²) in [6.45, 7) is 12.0. The lowest BCUT2D eigenvalue weighted by molar-refractivity contribution is 0.0789. The first-order valence-electron chi connectivity index (χ1n) is 7.19. The molecule has 0 atom stereocenters. The van der Waals surface area contributed by atoms with Crippen molar-refractivity contribution in [1.29, 1.82) is 0 Å². The fraction of sp³-hybridized carbons (Fsp3) is 0.733. The number of hydrogen-bond donors (Lipinski definition) is 1. The lowest BCUT2D eigenvalue weighted by Crippen LogP contribution is -2.33. The second-order valence-corrected chi connectivity index (χ2v) is 6.52. The third-order valence-corrected chi connectivity index (χ3v) is 3.23. The van der Waals surface area contributed by atoms with Crippen LogP contribution in [0.4, 0.5) is 0 Å². The normalized spacial score (nSPS) is 12.0. The number of hydrogen-bond acceptors (Lipinski definition) is 3. The molecule has 0 spiro atoms. The fourth-order valence-corrected chi connectivity index (χ4v) is 2.03. The van der Waals surface area contributed by atoms with E-state index in [1.54, 1.807) is 4.90 Å². The van der Waals surface area contributed by atoms with Gasteiger partial charge in [-0.25, -0.2) is 0 Å². The average Bonchev–Trinajstić information content (AvgIpc) is 2.79. The molecule has 114 valence electrons. The zero-order chi connectivity index (χ0) is 15.5. The van der Waals surface area contributed by atoms with Gasteiger partial charge in [0.25, 0.3) is 5.91 Å². The highest BCUT2D eigenvalue weighted by molar-refractivity contribution is 5.92. The van der Waals surface area contributed by atoms with Crippen molar-refractivity contribution >= 4 is 5.91 Å². The van der Waals surface area contributed by atoms with Crippen molar-refractivity contribution in [3.63, 3.8) is 0 Å². The van der Waals surface area contributed by atoms with Gasteiger partial charge < -0.3 is 10.2 Å². The SMILES string of the molecule is CNCCN(C)C(=O)c1cc(C(C)C)n(C(C)(C)C)n1. The Morgan fingerprint density at radius 2 is 2.05 bits per heavy atom. The number of carbonyl (C=O) groups is 1. The van der Waals surface area contributed by atoms with Crippen molar-refractivity contribution in [2.24, 2.45) is 0 Å². The minimum absolute atomic E-state index is 0.0230.